The largest absolute Gasteiger partial charge is 0.480 e. The highest BCUT2D eigenvalue weighted by molar-refractivity contribution is 7.13. The number of hydrogen-bond acceptors (Lipinski definition) is 4. The van der Waals surface area contributed by atoms with Crippen molar-refractivity contribution in [1.29, 1.82) is 0 Å². The number of hydrogen-bond donors (Lipinski definition) is 2. The van der Waals surface area contributed by atoms with Gasteiger partial charge in [-0.1, -0.05) is 12.1 Å². The average molecular weight is 308 g/mol. The fraction of sp³-hybridized carbons (Fsp3) is 0.214. The lowest BCUT2D eigenvalue weighted by atomic mass is 10.2. The van der Waals surface area contributed by atoms with E-state index in [9.17, 15) is 14.0 Å². The van der Waals surface area contributed by atoms with Crippen LogP contribution >= 0.6 is 11.3 Å². The minimum absolute atomic E-state index is 0.0105. The van der Waals surface area contributed by atoms with Crippen LogP contribution in [-0.2, 0) is 16.0 Å². The van der Waals surface area contributed by atoms with Crippen molar-refractivity contribution in [2.24, 2.45) is 0 Å². The van der Waals surface area contributed by atoms with E-state index >= 15 is 0 Å². The van der Waals surface area contributed by atoms with Crippen molar-refractivity contribution < 1.29 is 19.1 Å². The predicted octanol–water partition coefficient (Wildman–Crippen LogP) is 2.08. The van der Waals surface area contributed by atoms with Crippen LogP contribution in [0.3, 0.4) is 0 Å². The van der Waals surface area contributed by atoms with Gasteiger partial charge in [0.05, 0.1) is 12.1 Å². The van der Waals surface area contributed by atoms with Crippen LogP contribution in [0.4, 0.5) is 4.39 Å². The molecule has 0 bridgehead atoms. The molecule has 0 radical (unpaired) electrons. The number of carboxylic acids is 1. The third-order valence-electron chi connectivity index (χ3n) is 2.71. The second-order valence-electron chi connectivity index (χ2n) is 4.46. The molecule has 1 aromatic carbocycles. The normalized spacial score (nSPS) is 11.9. The predicted molar refractivity (Wildman–Crippen MR) is 76.5 cm³/mol. The van der Waals surface area contributed by atoms with Crippen LogP contribution in [0.1, 0.15) is 12.6 Å². The number of halogens is 1. The summed E-state index contributed by atoms with van der Waals surface area (Å²) in [5.74, 6) is -1.86. The number of aliphatic carboxylic acids is 1. The Balaban J connectivity index is 2.03. The van der Waals surface area contributed by atoms with Gasteiger partial charge in [0.15, 0.2) is 0 Å². The summed E-state index contributed by atoms with van der Waals surface area (Å²) in [6.45, 7) is 1.39. The van der Waals surface area contributed by atoms with Gasteiger partial charge in [-0.15, -0.1) is 11.3 Å². The lowest BCUT2D eigenvalue weighted by Gasteiger charge is -2.07. The fourth-order valence-electron chi connectivity index (χ4n) is 1.66. The Morgan fingerprint density at radius 2 is 2.24 bits per heavy atom. The summed E-state index contributed by atoms with van der Waals surface area (Å²) in [4.78, 5) is 26.6. The van der Waals surface area contributed by atoms with E-state index in [2.05, 4.69) is 10.3 Å². The molecule has 21 heavy (non-hydrogen) atoms. The molecule has 1 aromatic heterocycles. The Morgan fingerprint density at radius 1 is 1.48 bits per heavy atom. The summed E-state index contributed by atoms with van der Waals surface area (Å²) in [7, 11) is 0. The maximum Gasteiger partial charge on any atom is 0.325 e. The molecular weight excluding hydrogens is 295 g/mol. The first kappa shape index (κ1) is 15.1. The number of carboxylic acid groups (broad SMARTS) is 1. The zero-order valence-corrected chi connectivity index (χ0v) is 12.0. The van der Waals surface area contributed by atoms with Gasteiger partial charge in [-0.2, -0.15) is 0 Å². The van der Waals surface area contributed by atoms with Crippen LogP contribution in [0.2, 0.25) is 0 Å². The summed E-state index contributed by atoms with van der Waals surface area (Å²) in [6.07, 6.45) is -0.0105. The lowest BCUT2D eigenvalue weighted by Crippen LogP contribution is -2.39. The van der Waals surface area contributed by atoms with Crippen LogP contribution in [0.5, 0.6) is 0 Å². The second kappa shape index (κ2) is 6.45. The van der Waals surface area contributed by atoms with Gasteiger partial charge in [0, 0.05) is 10.9 Å². The summed E-state index contributed by atoms with van der Waals surface area (Å²) in [5, 5.41) is 13.4. The van der Waals surface area contributed by atoms with Crippen LogP contribution in [0, 0.1) is 5.82 Å². The van der Waals surface area contributed by atoms with E-state index < -0.39 is 17.9 Å². The molecule has 2 N–H and O–H groups in total. The van der Waals surface area contributed by atoms with Crippen LogP contribution in [-0.4, -0.2) is 28.0 Å². The number of nitrogens with one attached hydrogen (secondary N) is 1. The molecule has 7 heteroatoms. The smallest absolute Gasteiger partial charge is 0.325 e. The topological polar surface area (TPSA) is 79.3 Å². The molecule has 0 saturated carbocycles. The molecule has 2 rings (SSSR count). The molecule has 0 fully saturated rings. The summed E-state index contributed by atoms with van der Waals surface area (Å²) >= 11 is 1.30. The van der Waals surface area contributed by atoms with Gasteiger partial charge in [-0.05, 0) is 19.1 Å². The molecular formula is C14H13FN2O3S. The first-order valence-corrected chi connectivity index (χ1v) is 7.06. The number of carbonyl (C=O) groups excluding carboxylic acids is 1. The van der Waals surface area contributed by atoms with Crippen LogP contribution in [0.25, 0.3) is 10.6 Å². The first-order chi connectivity index (χ1) is 9.95. The molecule has 1 atom stereocenters. The number of benzene rings is 1. The zero-order chi connectivity index (χ0) is 15.4. The standard InChI is InChI=1S/C14H13FN2O3S/c1-8(14(19)20)16-12(18)6-11-7-21-13(17-11)9-3-2-4-10(15)5-9/h2-5,7-8H,6H2,1H3,(H,16,18)(H,19,20)/t8-/m1/s1. The number of aromatic nitrogens is 1. The minimum atomic E-state index is -1.10. The van der Waals surface area contributed by atoms with Gasteiger partial charge in [0.25, 0.3) is 0 Å². The number of nitrogens with zero attached hydrogens (tertiary/aromatic N) is 1. The fourth-order valence-corrected chi connectivity index (χ4v) is 2.48. The van der Waals surface area contributed by atoms with Gasteiger partial charge >= 0.3 is 5.97 Å². The molecule has 1 heterocycles. The van der Waals surface area contributed by atoms with Crippen LogP contribution < -0.4 is 5.32 Å². The Bertz CT molecular complexity index is 672. The van der Waals surface area contributed by atoms with Gasteiger partial charge in [0.2, 0.25) is 5.91 Å². The molecule has 0 aliphatic heterocycles. The van der Waals surface area contributed by atoms with E-state index in [-0.39, 0.29) is 12.2 Å². The van der Waals surface area contributed by atoms with Crippen molar-refractivity contribution in [3.8, 4) is 10.6 Å². The van der Waals surface area contributed by atoms with E-state index in [4.69, 9.17) is 5.11 Å². The molecule has 0 spiro atoms. The molecule has 2 aromatic rings. The molecule has 1 amide bonds. The van der Waals surface area contributed by atoms with Gasteiger partial charge in [-0.25, -0.2) is 9.37 Å². The third-order valence-corrected chi connectivity index (χ3v) is 3.65. The molecule has 0 saturated heterocycles. The molecule has 110 valence electrons. The second-order valence-corrected chi connectivity index (χ2v) is 5.32. The van der Waals surface area contributed by atoms with E-state index in [0.29, 0.717) is 16.3 Å². The number of thiazole rings is 1. The number of amides is 1. The molecule has 0 aliphatic rings. The molecule has 0 unspecified atom stereocenters. The summed E-state index contributed by atoms with van der Waals surface area (Å²) in [6, 6.07) is 5.10. The maximum absolute atomic E-state index is 13.1. The highest BCUT2D eigenvalue weighted by Gasteiger charge is 2.15. The van der Waals surface area contributed by atoms with E-state index in [1.165, 1.54) is 30.4 Å². The highest BCUT2D eigenvalue weighted by Crippen LogP contribution is 2.24. The Morgan fingerprint density at radius 3 is 2.90 bits per heavy atom. The quantitative estimate of drug-likeness (QED) is 0.886. The van der Waals surface area contributed by atoms with Gasteiger partial charge < -0.3 is 10.4 Å². The number of carbonyl (C=O) groups is 2. The van der Waals surface area contributed by atoms with E-state index in [1.807, 2.05) is 0 Å². The van der Waals surface area contributed by atoms with E-state index in [0.717, 1.165) is 0 Å². The van der Waals surface area contributed by atoms with Crippen molar-refractivity contribution in [3.63, 3.8) is 0 Å². The van der Waals surface area contributed by atoms with Crippen molar-refractivity contribution in [2.45, 2.75) is 19.4 Å². The Kier molecular flexibility index (Phi) is 4.64. The van der Waals surface area contributed by atoms with Crippen molar-refractivity contribution in [3.05, 3.63) is 41.2 Å². The molecule has 5 nitrogen and oxygen atoms in total. The number of rotatable bonds is 5. The van der Waals surface area contributed by atoms with Crippen molar-refractivity contribution in [2.75, 3.05) is 0 Å². The van der Waals surface area contributed by atoms with Gasteiger partial charge in [-0.3, -0.25) is 9.59 Å². The van der Waals surface area contributed by atoms with E-state index in [1.54, 1.807) is 17.5 Å². The Labute approximate surface area is 124 Å². The highest BCUT2D eigenvalue weighted by atomic mass is 32.1. The van der Waals surface area contributed by atoms with Gasteiger partial charge in [0.1, 0.15) is 16.9 Å². The maximum atomic E-state index is 13.1. The summed E-state index contributed by atoms with van der Waals surface area (Å²) in [5.41, 5.74) is 1.17. The minimum Gasteiger partial charge on any atom is -0.480 e. The van der Waals surface area contributed by atoms with Crippen molar-refractivity contribution in [1.82, 2.24) is 10.3 Å². The summed E-state index contributed by atoms with van der Waals surface area (Å²) < 4.78 is 13.1. The third kappa shape index (κ3) is 4.09. The SMILES string of the molecule is C[C@@H](NC(=O)Cc1csc(-c2cccc(F)c2)n1)C(=O)O. The zero-order valence-electron chi connectivity index (χ0n) is 11.2. The van der Waals surface area contributed by atoms with Crippen LogP contribution in [0.15, 0.2) is 29.6 Å². The first-order valence-electron chi connectivity index (χ1n) is 6.18. The average Bonchev–Trinajstić information content (AvgIpc) is 2.86. The monoisotopic (exact) mass is 308 g/mol. The Hall–Kier alpha value is -2.28. The molecule has 0 aliphatic carbocycles. The lowest BCUT2D eigenvalue weighted by molar-refractivity contribution is -0.141. The van der Waals surface area contributed by atoms with Crippen molar-refractivity contribution >= 4 is 23.2 Å².